The summed E-state index contributed by atoms with van der Waals surface area (Å²) < 4.78 is 2.37. The van der Waals surface area contributed by atoms with Gasteiger partial charge in [0.1, 0.15) is 0 Å². The second-order valence-corrected chi connectivity index (χ2v) is 8.23. The molecule has 1 aliphatic heterocycles. The molecule has 4 nitrogen and oxygen atoms in total. The molecule has 2 aromatic rings. The molecule has 5 heteroatoms. The predicted octanol–water partition coefficient (Wildman–Crippen LogP) is 4.45. The lowest BCUT2D eigenvalue weighted by molar-refractivity contribution is 0.1000. The first-order valence-electron chi connectivity index (χ1n) is 9.91. The van der Waals surface area contributed by atoms with Crippen LogP contribution in [0.5, 0.6) is 0 Å². The number of hydrogen-bond donors (Lipinski definition) is 1. The van der Waals surface area contributed by atoms with Crippen molar-refractivity contribution >= 4 is 17.2 Å². The normalized spacial score (nSPS) is 15.5. The molecule has 0 atom stereocenters. The standard InChI is InChI=1S/C21H31N3OS/c1-3-4-9-17-20(18-10-8-15-26-18)19(21(22)25)16(2)24(17)14-13-23-11-6-5-7-12-23/h8,10,15H,3-7,9,11-14H2,1-2H3,(H2,22,25). The molecule has 1 saturated heterocycles. The van der Waals surface area contributed by atoms with Crippen molar-refractivity contribution in [1.29, 1.82) is 0 Å². The first-order chi connectivity index (χ1) is 12.6. The van der Waals surface area contributed by atoms with Gasteiger partial charge < -0.3 is 15.2 Å². The number of primary amides is 1. The van der Waals surface area contributed by atoms with Crippen LogP contribution in [0, 0.1) is 6.92 Å². The molecule has 0 unspecified atom stereocenters. The van der Waals surface area contributed by atoms with E-state index < -0.39 is 0 Å². The first-order valence-corrected chi connectivity index (χ1v) is 10.8. The van der Waals surface area contributed by atoms with Crippen molar-refractivity contribution in [3.8, 4) is 10.4 Å². The minimum absolute atomic E-state index is 0.305. The summed E-state index contributed by atoms with van der Waals surface area (Å²) in [5.41, 5.74) is 9.93. The molecule has 2 N–H and O–H groups in total. The van der Waals surface area contributed by atoms with Gasteiger partial charge in [-0.25, -0.2) is 0 Å². The Kier molecular flexibility index (Phi) is 6.54. The van der Waals surface area contributed by atoms with Gasteiger partial charge in [0.15, 0.2) is 0 Å². The van der Waals surface area contributed by atoms with E-state index in [1.807, 2.05) is 0 Å². The summed E-state index contributed by atoms with van der Waals surface area (Å²) in [7, 11) is 0. The van der Waals surface area contributed by atoms with Crippen molar-refractivity contribution in [2.75, 3.05) is 19.6 Å². The van der Waals surface area contributed by atoms with E-state index in [4.69, 9.17) is 5.73 Å². The van der Waals surface area contributed by atoms with Gasteiger partial charge in [-0.1, -0.05) is 25.8 Å². The minimum Gasteiger partial charge on any atom is -0.366 e. The van der Waals surface area contributed by atoms with Crippen LogP contribution in [0.2, 0.25) is 0 Å². The fraction of sp³-hybridized carbons (Fsp3) is 0.571. The fourth-order valence-corrected chi connectivity index (χ4v) is 4.92. The Bertz CT molecular complexity index is 727. The molecule has 1 amide bonds. The summed E-state index contributed by atoms with van der Waals surface area (Å²) in [5, 5.41) is 2.07. The molecule has 3 rings (SSSR count). The Morgan fingerprint density at radius 3 is 2.62 bits per heavy atom. The Labute approximate surface area is 161 Å². The fourth-order valence-electron chi connectivity index (χ4n) is 4.12. The predicted molar refractivity (Wildman–Crippen MR) is 110 cm³/mol. The largest absolute Gasteiger partial charge is 0.366 e. The van der Waals surface area contributed by atoms with Crippen molar-refractivity contribution in [2.24, 2.45) is 5.73 Å². The molecule has 0 radical (unpaired) electrons. The van der Waals surface area contributed by atoms with Gasteiger partial charge in [0.05, 0.1) is 5.56 Å². The van der Waals surface area contributed by atoms with E-state index in [-0.39, 0.29) is 5.91 Å². The van der Waals surface area contributed by atoms with Crippen molar-refractivity contribution in [3.63, 3.8) is 0 Å². The number of thiophene rings is 1. The van der Waals surface area contributed by atoms with Gasteiger partial charge >= 0.3 is 0 Å². The lowest BCUT2D eigenvalue weighted by Gasteiger charge is -2.27. The Morgan fingerprint density at radius 1 is 1.23 bits per heavy atom. The highest BCUT2D eigenvalue weighted by Crippen LogP contribution is 2.36. The quantitative estimate of drug-likeness (QED) is 0.743. The summed E-state index contributed by atoms with van der Waals surface area (Å²) in [6.45, 7) is 8.67. The Hall–Kier alpha value is -1.59. The molecule has 0 saturated carbocycles. The Morgan fingerprint density at radius 2 is 2.00 bits per heavy atom. The van der Waals surface area contributed by atoms with Crippen LogP contribution in [0.3, 0.4) is 0 Å². The number of nitrogens with zero attached hydrogens (tertiary/aromatic N) is 2. The molecule has 0 aromatic carbocycles. The highest BCUT2D eigenvalue weighted by atomic mass is 32.1. The zero-order chi connectivity index (χ0) is 18.5. The van der Waals surface area contributed by atoms with Crippen molar-refractivity contribution in [3.05, 3.63) is 34.5 Å². The van der Waals surface area contributed by atoms with Crippen LogP contribution < -0.4 is 5.73 Å². The van der Waals surface area contributed by atoms with Gasteiger partial charge in [-0.15, -0.1) is 11.3 Å². The average molecular weight is 374 g/mol. The van der Waals surface area contributed by atoms with Gasteiger partial charge in [0.2, 0.25) is 0 Å². The molecule has 1 aliphatic rings. The number of likely N-dealkylation sites (tertiary alicyclic amines) is 1. The van der Waals surface area contributed by atoms with Gasteiger partial charge in [0.25, 0.3) is 5.91 Å². The van der Waals surface area contributed by atoms with E-state index >= 15 is 0 Å². The minimum atomic E-state index is -0.305. The first kappa shape index (κ1) is 19.2. The van der Waals surface area contributed by atoms with Crippen LogP contribution in [0.15, 0.2) is 17.5 Å². The number of rotatable bonds is 8. The van der Waals surface area contributed by atoms with Crippen LogP contribution in [0.1, 0.15) is 60.8 Å². The number of unbranched alkanes of at least 4 members (excludes halogenated alkanes) is 1. The molecular weight excluding hydrogens is 342 g/mol. The number of carbonyl (C=O) groups is 1. The zero-order valence-corrected chi connectivity index (χ0v) is 16.9. The van der Waals surface area contributed by atoms with Crippen molar-refractivity contribution < 1.29 is 4.79 Å². The van der Waals surface area contributed by atoms with Gasteiger partial charge in [0, 0.05) is 34.9 Å². The number of amides is 1. The van der Waals surface area contributed by atoms with Crippen LogP contribution in [-0.2, 0) is 13.0 Å². The van der Waals surface area contributed by atoms with Gasteiger partial charge in [-0.2, -0.15) is 0 Å². The number of nitrogens with two attached hydrogens (primary N) is 1. The lowest BCUT2D eigenvalue weighted by Crippen LogP contribution is -2.33. The molecule has 2 aromatic heterocycles. The number of hydrogen-bond acceptors (Lipinski definition) is 3. The van der Waals surface area contributed by atoms with Gasteiger partial charge in [-0.05, 0) is 57.1 Å². The highest BCUT2D eigenvalue weighted by molar-refractivity contribution is 7.13. The van der Waals surface area contributed by atoms with E-state index in [1.54, 1.807) is 11.3 Å². The monoisotopic (exact) mass is 373 g/mol. The smallest absolute Gasteiger partial charge is 0.251 e. The van der Waals surface area contributed by atoms with E-state index in [9.17, 15) is 4.79 Å². The van der Waals surface area contributed by atoms with Crippen molar-refractivity contribution in [2.45, 2.75) is 58.9 Å². The molecule has 142 valence electrons. The van der Waals surface area contributed by atoms with E-state index in [1.165, 1.54) is 38.0 Å². The van der Waals surface area contributed by atoms with E-state index in [0.29, 0.717) is 0 Å². The molecular formula is C21H31N3OS. The summed E-state index contributed by atoms with van der Waals surface area (Å²) >= 11 is 1.69. The van der Waals surface area contributed by atoms with E-state index in [2.05, 4.69) is 40.8 Å². The molecule has 0 spiro atoms. The zero-order valence-electron chi connectivity index (χ0n) is 16.1. The van der Waals surface area contributed by atoms with Crippen molar-refractivity contribution in [1.82, 2.24) is 9.47 Å². The molecule has 3 heterocycles. The van der Waals surface area contributed by atoms with E-state index in [0.717, 1.165) is 54.0 Å². The maximum atomic E-state index is 12.3. The highest BCUT2D eigenvalue weighted by Gasteiger charge is 2.25. The maximum absolute atomic E-state index is 12.3. The third-order valence-electron chi connectivity index (χ3n) is 5.50. The summed E-state index contributed by atoms with van der Waals surface area (Å²) in [5.74, 6) is -0.305. The number of piperidine rings is 1. The number of aromatic nitrogens is 1. The SMILES string of the molecule is CCCCc1c(-c2cccs2)c(C(N)=O)c(C)n1CCN1CCCCC1. The topological polar surface area (TPSA) is 51.3 Å². The average Bonchev–Trinajstić information content (AvgIpc) is 3.25. The van der Waals surface area contributed by atoms with Crippen LogP contribution in [0.4, 0.5) is 0 Å². The van der Waals surface area contributed by atoms with Gasteiger partial charge in [-0.3, -0.25) is 4.79 Å². The lowest BCUT2D eigenvalue weighted by atomic mass is 10.0. The second kappa shape index (κ2) is 8.87. The molecule has 26 heavy (non-hydrogen) atoms. The Balaban J connectivity index is 1.98. The molecule has 1 fully saturated rings. The van der Waals surface area contributed by atoms with Crippen LogP contribution >= 0.6 is 11.3 Å². The summed E-state index contributed by atoms with van der Waals surface area (Å²) in [6.07, 6.45) is 7.24. The molecule has 0 aliphatic carbocycles. The maximum Gasteiger partial charge on any atom is 0.251 e. The summed E-state index contributed by atoms with van der Waals surface area (Å²) in [4.78, 5) is 16.0. The van der Waals surface area contributed by atoms with Crippen LogP contribution in [-0.4, -0.2) is 35.0 Å². The second-order valence-electron chi connectivity index (χ2n) is 7.28. The molecule has 0 bridgehead atoms. The third kappa shape index (κ3) is 4.04. The third-order valence-corrected chi connectivity index (χ3v) is 6.39. The number of carbonyl (C=O) groups excluding carboxylic acids is 1. The summed E-state index contributed by atoms with van der Waals surface area (Å²) in [6, 6.07) is 4.16. The van der Waals surface area contributed by atoms with Crippen LogP contribution in [0.25, 0.3) is 10.4 Å².